The fraction of sp³-hybridized carbons (Fsp3) is 0.238. The van der Waals surface area contributed by atoms with E-state index in [1.54, 1.807) is 6.07 Å². The van der Waals surface area contributed by atoms with Crippen LogP contribution in [0.15, 0.2) is 60.7 Å². The number of fused-ring (bicyclic) bond motifs is 1. The molecular formula is C21H20N2O4. The van der Waals surface area contributed by atoms with Crippen LogP contribution in [-0.2, 0) is 20.8 Å². The van der Waals surface area contributed by atoms with Gasteiger partial charge in [-0.05, 0) is 17.7 Å². The molecule has 0 aliphatic carbocycles. The zero-order valence-electron chi connectivity index (χ0n) is 14.8. The molecule has 1 fully saturated rings. The third-order valence-electron chi connectivity index (χ3n) is 4.26. The minimum Gasteiger partial charge on any atom is -0.481 e. The van der Waals surface area contributed by atoms with E-state index in [9.17, 15) is 4.79 Å². The van der Waals surface area contributed by atoms with E-state index in [0.29, 0.717) is 36.7 Å². The van der Waals surface area contributed by atoms with Crippen LogP contribution in [0.4, 0.5) is 0 Å². The first-order valence-electron chi connectivity index (χ1n) is 8.86. The lowest BCUT2D eigenvalue weighted by atomic mass is 10.2. The second-order valence-electron chi connectivity index (χ2n) is 6.19. The minimum atomic E-state index is -0.448. The molecule has 0 bridgehead atoms. The number of hydrogen-bond donors (Lipinski definition) is 1. The number of para-hydroxylation sites is 1. The zero-order chi connectivity index (χ0) is 18.5. The number of carbonyl (C=O) groups is 1. The summed E-state index contributed by atoms with van der Waals surface area (Å²) in [6, 6.07) is 19.2. The van der Waals surface area contributed by atoms with Crippen molar-refractivity contribution < 1.29 is 19.0 Å². The van der Waals surface area contributed by atoms with Gasteiger partial charge < -0.3 is 19.5 Å². The Hall–Kier alpha value is -2.96. The van der Waals surface area contributed by atoms with E-state index in [-0.39, 0.29) is 12.5 Å². The summed E-state index contributed by atoms with van der Waals surface area (Å²) in [6.07, 6.45) is -0.448. The fourth-order valence-corrected chi connectivity index (χ4v) is 2.90. The van der Waals surface area contributed by atoms with Crippen LogP contribution in [0.3, 0.4) is 0 Å². The van der Waals surface area contributed by atoms with Crippen molar-refractivity contribution in [3.05, 3.63) is 71.9 Å². The van der Waals surface area contributed by atoms with E-state index >= 15 is 0 Å². The molecule has 1 N–H and O–H groups in total. The Labute approximate surface area is 157 Å². The van der Waals surface area contributed by atoms with E-state index in [1.807, 2.05) is 54.6 Å². The molecule has 6 heteroatoms. The van der Waals surface area contributed by atoms with Gasteiger partial charge in [-0.15, -0.1) is 0 Å². The van der Waals surface area contributed by atoms with E-state index in [1.165, 1.54) is 0 Å². The van der Waals surface area contributed by atoms with Gasteiger partial charge in [-0.3, -0.25) is 4.79 Å². The van der Waals surface area contributed by atoms with Crippen LogP contribution >= 0.6 is 0 Å². The number of nitrogens with one attached hydrogen (secondary N) is 1. The minimum absolute atomic E-state index is 0.0751. The molecule has 6 nitrogen and oxygen atoms in total. The first-order valence-corrected chi connectivity index (χ1v) is 8.86. The van der Waals surface area contributed by atoms with Crippen molar-refractivity contribution in [3.63, 3.8) is 0 Å². The molecule has 0 atom stereocenters. The molecule has 1 aliphatic rings. The average Bonchev–Trinajstić information content (AvgIpc) is 3.26. The molecule has 1 aromatic heterocycles. The standard InChI is InChI=1S/C21H20N2O4/c24-19(22-13-15-5-2-1-3-6-15)14-27-18-8-4-7-16-9-10-17(23-20(16)18)21-25-11-12-26-21/h1-10,21H,11-14H2,(H,22,24). The SMILES string of the molecule is O=C(COc1cccc2ccc(C3OCCO3)nc12)NCc1ccccc1. The number of benzene rings is 2. The zero-order valence-corrected chi connectivity index (χ0v) is 14.8. The van der Waals surface area contributed by atoms with Crippen molar-refractivity contribution >= 4 is 16.8 Å². The van der Waals surface area contributed by atoms with Crippen LogP contribution in [0.25, 0.3) is 10.9 Å². The van der Waals surface area contributed by atoms with Gasteiger partial charge in [-0.25, -0.2) is 4.98 Å². The highest BCUT2D eigenvalue weighted by atomic mass is 16.7. The van der Waals surface area contributed by atoms with E-state index in [0.717, 1.165) is 10.9 Å². The summed E-state index contributed by atoms with van der Waals surface area (Å²) >= 11 is 0. The van der Waals surface area contributed by atoms with E-state index < -0.39 is 6.29 Å². The molecule has 1 amide bonds. The number of carbonyl (C=O) groups excluding carboxylic acids is 1. The maximum atomic E-state index is 12.1. The second-order valence-corrected chi connectivity index (χ2v) is 6.19. The number of hydrogen-bond acceptors (Lipinski definition) is 5. The highest BCUT2D eigenvalue weighted by molar-refractivity contribution is 5.85. The summed E-state index contributed by atoms with van der Waals surface area (Å²) in [5, 5.41) is 3.78. The van der Waals surface area contributed by atoms with Crippen LogP contribution in [-0.4, -0.2) is 30.7 Å². The molecule has 27 heavy (non-hydrogen) atoms. The monoisotopic (exact) mass is 364 g/mol. The number of ether oxygens (including phenoxy) is 3. The largest absolute Gasteiger partial charge is 0.481 e. The van der Waals surface area contributed by atoms with Gasteiger partial charge in [0.2, 0.25) is 6.29 Å². The summed E-state index contributed by atoms with van der Waals surface area (Å²) < 4.78 is 16.8. The topological polar surface area (TPSA) is 69.7 Å². The summed E-state index contributed by atoms with van der Waals surface area (Å²) in [6.45, 7) is 1.51. The molecule has 1 aliphatic heterocycles. The molecule has 3 aromatic rings. The van der Waals surface area contributed by atoms with Gasteiger partial charge in [0.1, 0.15) is 11.3 Å². The van der Waals surface area contributed by atoms with E-state index in [4.69, 9.17) is 14.2 Å². The average molecular weight is 364 g/mol. The second kappa shape index (κ2) is 8.16. The molecule has 2 heterocycles. The number of amides is 1. The van der Waals surface area contributed by atoms with Gasteiger partial charge >= 0.3 is 0 Å². The predicted octanol–water partition coefficient (Wildman–Crippen LogP) is 2.98. The fourth-order valence-electron chi connectivity index (χ4n) is 2.90. The van der Waals surface area contributed by atoms with Crippen LogP contribution in [0.1, 0.15) is 17.5 Å². The van der Waals surface area contributed by atoms with Gasteiger partial charge in [-0.2, -0.15) is 0 Å². The van der Waals surface area contributed by atoms with Crippen molar-refractivity contribution in [2.45, 2.75) is 12.8 Å². The van der Waals surface area contributed by atoms with Crippen molar-refractivity contribution in [1.82, 2.24) is 10.3 Å². The molecule has 0 spiro atoms. The molecular weight excluding hydrogens is 344 g/mol. The first kappa shape index (κ1) is 17.5. The van der Waals surface area contributed by atoms with Crippen LogP contribution in [0.5, 0.6) is 5.75 Å². The number of nitrogens with zero attached hydrogens (tertiary/aromatic N) is 1. The Morgan fingerprint density at radius 3 is 2.67 bits per heavy atom. The normalized spacial score (nSPS) is 14.4. The van der Waals surface area contributed by atoms with Crippen molar-refractivity contribution in [2.24, 2.45) is 0 Å². The number of pyridine rings is 1. The lowest BCUT2D eigenvalue weighted by Gasteiger charge is -2.12. The quantitative estimate of drug-likeness (QED) is 0.728. The molecule has 1 saturated heterocycles. The van der Waals surface area contributed by atoms with Crippen molar-refractivity contribution in [1.29, 1.82) is 0 Å². The van der Waals surface area contributed by atoms with Gasteiger partial charge in [0.15, 0.2) is 6.61 Å². The Bertz CT molecular complexity index is 924. The van der Waals surface area contributed by atoms with Crippen molar-refractivity contribution in [2.75, 3.05) is 19.8 Å². The molecule has 0 unspecified atom stereocenters. The van der Waals surface area contributed by atoms with Crippen LogP contribution in [0, 0.1) is 0 Å². The molecule has 0 saturated carbocycles. The third kappa shape index (κ3) is 4.24. The van der Waals surface area contributed by atoms with Gasteiger partial charge in [-0.1, -0.05) is 48.5 Å². The first-order chi connectivity index (χ1) is 13.3. The highest BCUT2D eigenvalue weighted by Crippen LogP contribution is 2.28. The molecule has 2 aromatic carbocycles. The summed E-state index contributed by atoms with van der Waals surface area (Å²) in [7, 11) is 0. The summed E-state index contributed by atoms with van der Waals surface area (Å²) in [5.74, 6) is 0.372. The predicted molar refractivity (Wildman–Crippen MR) is 100 cm³/mol. The van der Waals surface area contributed by atoms with Crippen LogP contribution in [0.2, 0.25) is 0 Å². The lowest BCUT2D eigenvalue weighted by Crippen LogP contribution is -2.28. The Morgan fingerprint density at radius 2 is 1.85 bits per heavy atom. The van der Waals surface area contributed by atoms with Gasteiger partial charge in [0, 0.05) is 11.9 Å². The van der Waals surface area contributed by atoms with Crippen molar-refractivity contribution in [3.8, 4) is 5.75 Å². The Morgan fingerprint density at radius 1 is 1.04 bits per heavy atom. The smallest absolute Gasteiger partial charge is 0.258 e. The van der Waals surface area contributed by atoms with Crippen LogP contribution < -0.4 is 10.1 Å². The molecule has 0 radical (unpaired) electrons. The summed E-state index contributed by atoms with van der Waals surface area (Å²) in [4.78, 5) is 16.7. The maximum Gasteiger partial charge on any atom is 0.258 e. The number of aromatic nitrogens is 1. The van der Waals surface area contributed by atoms with Gasteiger partial charge in [0.25, 0.3) is 5.91 Å². The van der Waals surface area contributed by atoms with Gasteiger partial charge in [0.05, 0.1) is 18.9 Å². The molecule has 138 valence electrons. The lowest BCUT2D eigenvalue weighted by molar-refractivity contribution is -0.123. The maximum absolute atomic E-state index is 12.1. The Balaban J connectivity index is 1.43. The molecule has 4 rings (SSSR count). The number of rotatable bonds is 6. The summed E-state index contributed by atoms with van der Waals surface area (Å²) in [5.41, 5.74) is 2.42. The van der Waals surface area contributed by atoms with E-state index in [2.05, 4.69) is 10.3 Å². The Kier molecular flexibility index (Phi) is 5.27. The third-order valence-corrected chi connectivity index (χ3v) is 4.26. The highest BCUT2D eigenvalue weighted by Gasteiger charge is 2.20.